The van der Waals surface area contributed by atoms with Crippen molar-refractivity contribution in [2.45, 2.75) is 39.3 Å². The standard InChI is InChI=1S/C20H26ClFN4O2/c1-3-27-16-9-14(10-17(11-16)28-4-2)13-26-7-5-15(6-8-26)24-19-18(22)12-23-20(21)25-19/h9-12,15H,3-8,13H2,1-2H3,(H,23,24,25). The largest absolute Gasteiger partial charge is 0.494 e. The fraction of sp³-hybridized carbons (Fsp3) is 0.500. The molecule has 0 bridgehead atoms. The van der Waals surface area contributed by atoms with Gasteiger partial charge in [0.05, 0.1) is 19.4 Å². The van der Waals surface area contributed by atoms with Crippen molar-refractivity contribution in [2.75, 3.05) is 31.6 Å². The predicted molar refractivity (Wildman–Crippen MR) is 108 cm³/mol. The van der Waals surface area contributed by atoms with Crippen molar-refractivity contribution >= 4 is 17.4 Å². The number of ether oxygens (including phenoxy) is 2. The fourth-order valence-corrected chi connectivity index (χ4v) is 3.49. The van der Waals surface area contributed by atoms with Crippen LogP contribution in [-0.2, 0) is 6.54 Å². The molecule has 1 aromatic carbocycles. The first kappa shape index (κ1) is 20.6. The lowest BCUT2D eigenvalue weighted by atomic mass is 10.0. The Hall–Kier alpha value is -2.12. The van der Waals surface area contributed by atoms with Crippen molar-refractivity contribution in [1.29, 1.82) is 0 Å². The third-order valence-corrected chi connectivity index (χ3v) is 4.79. The molecule has 0 saturated carbocycles. The lowest BCUT2D eigenvalue weighted by Crippen LogP contribution is -2.39. The van der Waals surface area contributed by atoms with E-state index in [1.165, 1.54) is 0 Å². The molecule has 0 aliphatic carbocycles. The van der Waals surface area contributed by atoms with Crippen molar-refractivity contribution in [3.8, 4) is 11.5 Å². The van der Waals surface area contributed by atoms with E-state index in [9.17, 15) is 4.39 Å². The molecule has 1 aliphatic rings. The third kappa shape index (κ3) is 5.69. The van der Waals surface area contributed by atoms with Gasteiger partial charge in [-0.2, -0.15) is 4.98 Å². The number of hydrogen-bond donors (Lipinski definition) is 1. The second-order valence-corrected chi connectivity index (χ2v) is 7.05. The van der Waals surface area contributed by atoms with Crippen molar-refractivity contribution in [3.05, 3.63) is 41.1 Å². The molecule has 28 heavy (non-hydrogen) atoms. The molecule has 2 aromatic rings. The number of anilines is 1. The number of likely N-dealkylation sites (tertiary alicyclic amines) is 1. The Kier molecular flexibility index (Phi) is 7.28. The summed E-state index contributed by atoms with van der Waals surface area (Å²) in [5, 5.41) is 3.19. The van der Waals surface area contributed by atoms with Crippen molar-refractivity contribution in [2.24, 2.45) is 0 Å². The van der Waals surface area contributed by atoms with E-state index in [0.717, 1.165) is 55.7 Å². The quantitative estimate of drug-likeness (QED) is 0.662. The number of hydrogen-bond acceptors (Lipinski definition) is 6. The van der Waals surface area contributed by atoms with Gasteiger partial charge in [-0.25, -0.2) is 9.37 Å². The van der Waals surface area contributed by atoms with E-state index in [1.54, 1.807) is 0 Å². The van der Waals surface area contributed by atoms with Crippen LogP contribution in [0.3, 0.4) is 0 Å². The molecule has 0 unspecified atom stereocenters. The average Bonchev–Trinajstić information content (AvgIpc) is 2.67. The van der Waals surface area contributed by atoms with Gasteiger partial charge in [0.25, 0.3) is 0 Å². The van der Waals surface area contributed by atoms with Crippen LogP contribution in [0.1, 0.15) is 32.3 Å². The molecular weight excluding hydrogens is 383 g/mol. The minimum atomic E-state index is -0.483. The molecule has 152 valence electrons. The van der Waals surface area contributed by atoms with Gasteiger partial charge in [-0.15, -0.1) is 0 Å². The zero-order valence-electron chi connectivity index (χ0n) is 16.3. The normalized spacial score (nSPS) is 15.4. The maximum Gasteiger partial charge on any atom is 0.224 e. The van der Waals surface area contributed by atoms with Gasteiger partial charge in [0.2, 0.25) is 5.28 Å². The predicted octanol–water partition coefficient (Wildman–Crippen LogP) is 4.14. The van der Waals surface area contributed by atoms with Crippen LogP contribution < -0.4 is 14.8 Å². The third-order valence-electron chi connectivity index (χ3n) is 4.61. The van der Waals surface area contributed by atoms with E-state index < -0.39 is 5.82 Å². The molecule has 1 saturated heterocycles. The molecule has 6 nitrogen and oxygen atoms in total. The topological polar surface area (TPSA) is 59.5 Å². The van der Waals surface area contributed by atoms with E-state index in [0.29, 0.717) is 13.2 Å². The van der Waals surface area contributed by atoms with Gasteiger partial charge in [-0.05, 0) is 56.0 Å². The van der Waals surface area contributed by atoms with Crippen LogP contribution in [0.4, 0.5) is 10.2 Å². The Morgan fingerprint density at radius 2 is 1.79 bits per heavy atom. The van der Waals surface area contributed by atoms with Crippen LogP contribution in [0.5, 0.6) is 11.5 Å². The van der Waals surface area contributed by atoms with Crippen LogP contribution in [0.2, 0.25) is 5.28 Å². The molecule has 1 aliphatic heterocycles. The minimum absolute atomic E-state index is 0.0422. The Morgan fingerprint density at radius 1 is 1.14 bits per heavy atom. The number of piperidine rings is 1. The summed E-state index contributed by atoms with van der Waals surface area (Å²) in [6, 6.07) is 6.21. The second-order valence-electron chi connectivity index (χ2n) is 6.71. The number of rotatable bonds is 8. The molecule has 0 amide bonds. The smallest absolute Gasteiger partial charge is 0.224 e. The summed E-state index contributed by atoms with van der Waals surface area (Å²) in [6.07, 6.45) is 2.88. The fourth-order valence-electron chi connectivity index (χ4n) is 3.36. The van der Waals surface area contributed by atoms with E-state index >= 15 is 0 Å². The van der Waals surface area contributed by atoms with Gasteiger partial charge < -0.3 is 14.8 Å². The Balaban J connectivity index is 1.57. The van der Waals surface area contributed by atoms with E-state index in [4.69, 9.17) is 21.1 Å². The number of halogens is 2. The van der Waals surface area contributed by atoms with Gasteiger partial charge in [-0.3, -0.25) is 4.90 Å². The van der Waals surface area contributed by atoms with Crippen LogP contribution in [0.15, 0.2) is 24.4 Å². The van der Waals surface area contributed by atoms with Gasteiger partial charge in [0.15, 0.2) is 11.6 Å². The Bertz CT molecular complexity index is 761. The number of nitrogens with zero attached hydrogens (tertiary/aromatic N) is 3. The molecule has 1 fully saturated rings. The van der Waals surface area contributed by atoms with Crippen molar-refractivity contribution < 1.29 is 13.9 Å². The molecule has 0 atom stereocenters. The van der Waals surface area contributed by atoms with Crippen molar-refractivity contribution in [3.63, 3.8) is 0 Å². The van der Waals surface area contributed by atoms with Gasteiger partial charge in [-0.1, -0.05) is 0 Å². The molecule has 3 rings (SSSR count). The first-order valence-electron chi connectivity index (χ1n) is 9.63. The van der Waals surface area contributed by atoms with Gasteiger partial charge in [0.1, 0.15) is 11.5 Å². The molecule has 0 spiro atoms. The number of aromatic nitrogens is 2. The summed E-state index contributed by atoms with van der Waals surface area (Å²) in [4.78, 5) is 9.95. The highest BCUT2D eigenvalue weighted by molar-refractivity contribution is 6.28. The van der Waals surface area contributed by atoms with Crippen LogP contribution in [0, 0.1) is 5.82 Å². The Labute approximate surface area is 170 Å². The highest BCUT2D eigenvalue weighted by Gasteiger charge is 2.21. The summed E-state index contributed by atoms with van der Waals surface area (Å²) >= 11 is 5.76. The monoisotopic (exact) mass is 408 g/mol. The van der Waals surface area contributed by atoms with Crippen molar-refractivity contribution in [1.82, 2.24) is 14.9 Å². The van der Waals surface area contributed by atoms with E-state index in [2.05, 4.69) is 32.3 Å². The van der Waals surface area contributed by atoms with Gasteiger partial charge >= 0.3 is 0 Å². The van der Waals surface area contributed by atoms with Crippen LogP contribution in [0.25, 0.3) is 0 Å². The highest BCUT2D eigenvalue weighted by atomic mass is 35.5. The van der Waals surface area contributed by atoms with E-state index in [-0.39, 0.29) is 17.1 Å². The molecule has 0 radical (unpaired) electrons. The van der Waals surface area contributed by atoms with Crippen LogP contribution in [-0.4, -0.2) is 47.2 Å². The summed E-state index contributed by atoms with van der Waals surface area (Å²) in [7, 11) is 0. The zero-order valence-corrected chi connectivity index (χ0v) is 17.0. The van der Waals surface area contributed by atoms with Crippen LogP contribution >= 0.6 is 11.6 Å². The van der Waals surface area contributed by atoms with Gasteiger partial charge in [0, 0.05) is 31.7 Å². The molecular formula is C20H26ClFN4O2. The summed E-state index contributed by atoms with van der Waals surface area (Å²) < 4.78 is 25.1. The highest BCUT2D eigenvalue weighted by Crippen LogP contribution is 2.25. The summed E-state index contributed by atoms with van der Waals surface area (Å²) in [5.74, 6) is 1.35. The minimum Gasteiger partial charge on any atom is -0.494 e. The molecule has 2 heterocycles. The molecule has 1 N–H and O–H groups in total. The molecule has 1 aromatic heterocycles. The SMILES string of the molecule is CCOc1cc(CN2CCC(Nc3nc(Cl)ncc3F)CC2)cc(OCC)c1. The van der Waals surface area contributed by atoms with E-state index in [1.807, 2.05) is 19.9 Å². The Morgan fingerprint density at radius 3 is 2.39 bits per heavy atom. The first-order chi connectivity index (χ1) is 13.6. The summed E-state index contributed by atoms with van der Waals surface area (Å²) in [5.41, 5.74) is 1.16. The molecule has 8 heteroatoms. The number of benzene rings is 1. The first-order valence-corrected chi connectivity index (χ1v) is 10.0. The average molecular weight is 409 g/mol. The summed E-state index contributed by atoms with van der Waals surface area (Å²) in [6.45, 7) is 7.81. The number of nitrogens with one attached hydrogen (secondary N) is 1. The zero-order chi connectivity index (χ0) is 19.9. The second kappa shape index (κ2) is 9.89. The maximum atomic E-state index is 13.8. The lowest BCUT2D eigenvalue weighted by molar-refractivity contribution is 0.210. The lowest BCUT2D eigenvalue weighted by Gasteiger charge is -2.32. The maximum absolute atomic E-state index is 13.8.